The second-order valence-electron chi connectivity index (χ2n) is 10.8. The lowest BCUT2D eigenvalue weighted by atomic mass is 9.82. The van der Waals surface area contributed by atoms with E-state index in [-0.39, 0.29) is 30.0 Å². The fraction of sp³-hybridized carbons (Fsp3) is 0.571. The molecule has 0 N–H and O–H groups in total. The summed E-state index contributed by atoms with van der Waals surface area (Å²) in [6, 6.07) is 6.58. The summed E-state index contributed by atoms with van der Waals surface area (Å²) in [5, 5.41) is 4.67. The SMILES string of the molecule is CCOC(=O)c1cn(-c2ccc(C(=O)OC(C)(C)C)cc2)nc1N(C(=O)C1CCC(C)CC1)C(C)C. The Balaban J connectivity index is 1.96. The van der Waals surface area contributed by atoms with E-state index >= 15 is 0 Å². The highest BCUT2D eigenvalue weighted by molar-refractivity contribution is 6.02. The lowest BCUT2D eigenvalue weighted by Gasteiger charge is -2.32. The fourth-order valence-electron chi connectivity index (χ4n) is 4.42. The first-order valence-electron chi connectivity index (χ1n) is 12.8. The molecule has 0 spiro atoms. The van der Waals surface area contributed by atoms with Crippen molar-refractivity contribution in [3.8, 4) is 5.69 Å². The van der Waals surface area contributed by atoms with Gasteiger partial charge in [0.25, 0.3) is 0 Å². The summed E-state index contributed by atoms with van der Waals surface area (Å²) >= 11 is 0. The molecule has 2 aromatic rings. The number of rotatable bonds is 7. The van der Waals surface area contributed by atoms with Gasteiger partial charge in [-0.25, -0.2) is 14.3 Å². The van der Waals surface area contributed by atoms with Crippen LogP contribution in [0.5, 0.6) is 0 Å². The van der Waals surface area contributed by atoms with Gasteiger partial charge in [-0.05, 0) is 97.4 Å². The van der Waals surface area contributed by atoms with Crippen molar-refractivity contribution in [1.82, 2.24) is 9.78 Å². The van der Waals surface area contributed by atoms with Gasteiger partial charge in [0.1, 0.15) is 11.2 Å². The lowest BCUT2D eigenvalue weighted by molar-refractivity contribution is -0.124. The van der Waals surface area contributed by atoms with Crippen LogP contribution in [0.4, 0.5) is 5.82 Å². The molecule has 0 bridgehead atoms. The Morgan fingerprint density at radius 2 is 1.67 bits per heavy atom. The van der Waals surface area contributed by atoms with Crippen molar-refractivity contribution in [1.29, 1.82) is 0 Å². The van der Waals surface area contributed by atoms with Crippen LogP contribution in [-0.2, 0) is 14.3 Å². The van der Waals surface area contributed by atoms with Crippen LogP contribution < -0.4 is 4.90 Å². The number of nitrogens with zero attached hydrogens (tertiary/aromatic N) is 3. The van der Waals surface area contributed by atoms with Crippen molar-refractivity contribution in [3.05, 3.63) is 41.6 Å². The summed E-state index contributed by atoms with van der Waals surface area (Å²) in [5.41, 5.74) is 0.697. The largest absolute Gasteiger partial charge is 0.462 e. The van der Waals surface area contributed by atoms with E-state index < -0.39 is 17.5 Å². The molecule has 1 saturated carbocycles. The van der Waals surface area contributed by atoms with Crippen LogP contribution in [-0.4, -0.2) is 45.9 Å². The zero-order valence-electron chi connectivity index (χ0n) is 22.5. The number of carbonyl (C=O) groups excluding carboxylic acids is 3. The number of anilines is 1. The smallest absolute Gasteiger partial charge is 0.343 e. The number of esters is 2. The van der Waals surface area contributed by atoms with Gasteiger partial charge in [0, 0.05) is 18.2 Å². The molecule has 0 aliphatic heterocycles. The second-order valence-corrected chi connectivity index (χ2v) is 10.8. The molecule has 1 amide bonds. The molecule has 1 aliphatic carbocycles. The van der Waals surface area contributed by atoms with E-state index in [1.807, 2.05) is 34.6 Å². The zero-order chi connectivity index (χ0) is 26.6. The van der Waals surface area contributed by atoms with Crippen molar-refractivity contribution in [2.24, 2.45) is 11.8 Å². The van der Waals surface area contributed by atoms with Gasteiger partial charge in [0.05, 0.1) is 17.9 Å². The van der Waals surface area contributed by atoms with E-state index in [0.717, 1.165) is 25.7 Å². The van der Waals surface area contributed by atoms with Gasteiger partial charge in [0.2, 0.25) is 5.91 Å². The average molecular weight is 498 g/mol. The van der Waals surface area contributed by atoms with Gasteiger partial charge < -0.3 is 9.47 Å². The molecule has 0 atom stereocenters. The highest BCUT2D eigenvalue weighted by atomic mass is 16.6. The van der Waals surface area contributed by atoms with E-state index in [0.29, 0.717) is 23.0 Å². The summed E-state index contributed by atoms with van der Waals surface area (Å²) in [6.07, 6.45) is 5.30. The Hall–Kier alpha value is -3.16. The third-order valence-corrected chi connectivity index (χ3v) is 6.30. The molecule has 8 nitrogen and oxygen atoms in total. The van der Waals surface area contributed by atoms with Crippen LogP contribution in [0.1, 0.15) is 94.9 Å². The first-order chi connectivity index (χ1) is 16.9. The van der Waals surface area contributed by atoms with Crippen LogP contribution in [0.25, 0.3) is 5.69 Å². The average Bonchev–Trinajstić information content (AvgIpc) is 3.23. The molecular weight excluding hydrogens is 458 g/mol. The monoisotopic (exact) mass is 497 g/mol. The molecular formula is C28H39N3O5. The summed E-state index contributed by atoms with van der Waals surface area (Å²) in [5.74, 6) is -0.117. The Labute approximate surface area is 213 Å². The molecule has 196 valence electrons. The molecule has 0 radical (unpaired) electrons. The number of hydrogen-bond acceptors (Lipinski definition) is 6. The van der Waals surface area contributed by atoms with E-state index in [4.69, 9.17) is 9.47 Å². The lowest BCUT2D eigenvalue weighted by Crippen LogP contribution is -2.43. The maximum absolute atomic E-state index is 13.6. The Morgan fingerprint density at radius 3 is 2.19 bits per heavy atom. The van der Waals surface area contributed by atoms with Gasteiger partial charge in [-0.1, -0.05) is 6.92 Å². The first kappa shape index (κ1) is 27.4. The molecule has 0 unspecified atom stereocenters. The topological polar surface area (TPSA) is 90.7 Å². The van der Waals surface area contributed by atoms with Crippen LogP contribution in [0, 0.1) is 11.8 Å². The van der Waals surface area contributed by atoms with Crippen LogP contribution in [0.15, 0.2) is 30.5 Å². The molecule has 1 aromatic carbocycles. The van der Waals surface area contributed by atoms with Gasteiger partial charge in [-0.2, -0.15) is 0 Å². The van der Waals surface area contributed by atoms with E-state index in [2.05, 4.69) is 12.0 Å². The minimum absolute atomic E-state index is 0.00651. The number of benzene rings is 1. The number of ether oxygens (including phenoxy) is 2. The van der Waals surface area contributed by atoms with Gasteiger partial charge in [0.15, 0.2) is 5.82 Å². The van der Waals surface area contributed by atoms with Crippen LogP contribution in [0.3, 0.4) is 0 Å². The first-order valence-corrected chi connectivity index (χ1v) is 12.8. The van der Waals surface area contributed by atoms with Gasteiger partial charge >= 0.3 is 11.9 Å². The highest BCUT2D eigenvalue weighted by Crippen LogP contribution is 2.33. The number of carbonyl (C=O) groups is 3. The van der Waals surface area contributed by atoms with Gasteiger partial charge in [-0.15, -0.1) is 5.10 Å². The number of amides is 1. The second kappa shape index (κ2) is 11.3. The third kappa shape index (κ3) is 6.53. The minimum atomic E-state index is -0.593. The van der Waals surface area contributed by atoms with Crippen molar-refractivity contribution in [3.63, 3.8) is 0 Å². The molecule has 1 aliphatic rings. The number of aromatic nitrogens is 2. The maximum atomic E-state index is 13.6. The molecule has 3 rings (SSSR count). The van der Waals surface area contributed by atoms with Crippen molar-refractivity contribution in [2.75, 3.05) is 11.5 Å². The Bertz CT molecular complexity index is 1070. The van der Waals surface area contributed by atoms with Crippen LogP contribution in [0.2, 0.25) is 0 Å². The molecule has 8 heteroatoms. The molecule has 1 aromatic heterocycles. The molecule has 36 heavy (non-hydrogen) atoms. The van der Waals surface area contributed by atoms with Gasteiger partial charge in [-0.3, -0.25) is 9.69 Å². The highest BCUT2D eigenvalue weighted by Gasteiger charge is 2.34. The maximum Gasteiger partial charge on any atom is 0.343 e. The predicted octanol–water partition coefficient (Wildman–Crippen LogP) is 5.57. The summed E-state index contributed by atoms with van der Waals surface area (Å²) in [4.78, 5) is 40.5. The van der Waals surface area contributed by atoms with Crippen molar-refractivity contribution >= 4 is 23.7 Å². The quantitative estimate of drug-likeness (QED) is 0.464. The predicted molar refractivity (Wildman–Crippen MR) is 138 cm³/mol. The summed E-state index contributed by atoms with van der Waals surface area (Å²) in [6.45, 7) is 13.5. The van der Waals surface area contributed by atoms with Crippen LogP contribution >= 0.6 is 0 Å². The van der Waals surface area contributed by atoms with Crippen molar-refractivity contribution < 1.29 is 23.9 Å². The van der Waals surface area contributed by atoms with E-state index in [9.17, 15) is 14.4 Å². The molecule has 1 fully saturated rings. The normalized spacial score (nSPS) is 18.1. The zero-order valence-corrected chi connectivity index (χ0v) is 22.5. The van der Waals surface area contributed by atoms with Crippen molar-refractivity contribution in [2.45, 2.75) is 85.8 Å². The summed E-state index contributed by atoms with van der Waals surface area (Å²) < 4.78 is 12.3. The number of hydrogen-bond donors (Lipinski definition) is 0. The molecule has 0 saturated heterocycles. The van der Waals surface area contributed by atoms with E-state index in [1.165, 1.54) is 0 Å². The Morgan fingerprint density at radius 1 is 1.06 bits per heavy atom. The standard InChI is InChI=1S/C28H39N3O5/c1-8-35-27(34)23-17-30(22-15-13-21(14-16-22)26(33)36-28(5,6)7)29-24(23)31(18(2)3)25(32)20-11-9-19(4)10-12-20/h13-20H,8-12H2,1-7H3. The van der Waals surface area contributed by atoms with E-state index in [1.54, 1.807) is 47.0 Å². The Kier molecular flexibility index (Phi) is 8.59. The molecule has 1 heterocycles. The summed E-state index contributed by atoms with van der Waals surface area (Å²) in [7, 11) is 0. The minimum Gasteiger partial charge on any atom is -0.462 e. The fourth-order valence-corrected chi connectivity index (χ4v) is 4.42. The third-order valence-electron chi connectivity index (χ3n) is 6.30.